The topological polar surface area (TPSA) is 61.7 Å². The highest BCUT2D eigenvalue weighted by atomic mass is 16.2. The van der Waals surface area contributed by atoms with Crippen LogP contribution in [0.5, 0.6) is 0 Å². The van der Waals surface area contributed by atoms with Gasteiger partial charge in [-0.05, 0) is 0 Å². The van der Waals surface area contributed by atoms with E-state index in [0.29, 0.717) is 26.2 Å². The number of piperazine rings is 1. The number of likely N-dealkylation sites (N-methyl/N-ethyl adjacent to an activating group) is 1. The average Bonchev–Trinajstić information content (AvgIpc) is 2.83. The number of carbonyl (C=O) groups is 2. The number of aryl methyl sites for hydroxylation is 1. The summed E-state index contributed by atoms with van der Waals surface area (Å²) in [6.45, 7) is 4.02. The van der Waals surface area contributed by atoms with Crippen molar-refractivity contribution in [2.75, 3.05) is 33.7 Å². The highest BCUT2D eigenvalue weighted by molar-refractivity contribution is 5.83. The van der Waals surface area contributed by atoms with E-state index in [2.05, 4.69) is 10.00 Å². The Morgan fingerprint density at radius 2 is 2.10 bits per heavy atom. The predicted octanol–water partition coefficient (Wildman–Crippen LogP) is -0.459. The number of rotatable bonds is 3. The summed E-state index contributed by atoms with van der Waals surface area (Å²) in [6.07, 6.45) is 3.77. The summed E-state index contributed by atoms with van der Waals surface area (Å²) in [7, 11) is 5.37. The predicted molar refractivity (Wildman–Crippen MR) is 78.4 cm³/mol. The Labute approximate surface area is 125 Å². The van der Waals surface area contributed by atoms with Crippen molar-refractivity contribution in [3.63, 3.8) is 0 Å². The fourth-order valence-corrected chi connectivity index (χ4v) is 2.62. The van der Waals surface area contributed by atoms with E-state index in [9.17, 15) is 9.59 Å². The molecule has 2 heterocycles. The molecule has 1 saturated heterocycles. The summed E-state index contributed by atoms with van der Waals surface area (Å²) in [6, 6.07) is -0.294. The Morgan fingerprint density at radius 3 is 2.62 bits per heavy atom. The van der Waals surface area contributed by atoms with Crippen LogP contribution in [0, 0.1) is 0 Å². The van der Waals surface area contributed by atoms with Gasteiger partial charge in [-0.15, -0.1) is 0 Å². The number of hydrogen-bond donors (Lipinski definition) is 0. The normalized spacial score (nSPS) is 19.6. The molecule has 1 aliphatic rings. The Balaban J connectivity index is 2.13. The van der Waals surface area contributed by atoms with Crippen LogP contribution in [0.3, 0.4) is 0 Å². The van der Waals surface area contributed by atoms with Gasteiger partial charge in [0.2, 0.25) is 11.8 Å². The van der Waals surface area contributed by atoms with Crippen LogP contribution in [-0.2, 0) is 23.2 Å². The summed E-state index contributed by atoms with van der Waals surface area (Å²) in [5, 5.41) is 4.16. The third-order valence-corrected chi connectivity index (χ3v) is 3.81. The van der Waals surface area contributed by atoms with E-state index < -0.39 is 0 Å². The van der Waals surface area contributed by atoms with Crippen LogP contribution in [0.25, 0.3) is 0 Å². The highest BCUT2D eigenvalue weighted by Gasteiger charge is 2.34. The SMILES string of the molecule is CC(=O)N1CCN(Cc2cnn(C)c2)C(C(=O)N(C)C)C1. The molecule has 7 heteroatoms. The Morgan fingerprint density at radius 1 is 1.38 bits per heavy atom. The van der Waals surface area contributed by atoms with Crippen LogP contribution >= 0.6 is 0 Å². The van der Waals surface area contributed by atoms with Gasteiger partial charge in [0.05, 0.1) is 6.20 Å². The number of hydrogen-bond acceptors (Lipinski definition) is 4. The van der Waals surface area contributed by atoms with Gasteiger partial charge in [-0.25, -0.2) is 0 Å². The van der Waals surface area contributed by atoms with Crippen LogP contribution in [-0.4, -0.2) is 76.1 Å². The van der Waals surface area contributed by atoms with Crippen molar-refractivity contribution < 1.29 is 9.59 Å². The number of amides is 2. The lowest BCUT2D eigenvalue weighted by atomic mass is 10.1. The van der Waals surface area contributed by atoms with Crippen molar-refractivity contribution in [1.29, 1.82) is 0 Å². The summed E-state index contributed by atoms with van der Waals surface area (Å²) < 4.78 is 1.75. The van der Waals surface area contributed by atoms with Gasteiger partial charge >= 0.3 is 0 Å². The molecule has 7 nitrogen and oxygen atoms in total. The minimum Gasteiger partial charge on any atom is -0.347 e. The molecule has 21 heavy (non-hydrogen) atoms. The lowest BCUT2D eigenvalue weighted by Gasteiger charge is -2.41. The molecular formula is C14H23N5O2. The minimum atomic E-state index is -0.294. The molecule has 1 aromatic rings. The molecule has 0 saturated carbocycles. The molecule has 116 valence electrons. The van der Waals surface area contributed by atoms with E-state index in [1.54, 1.807) is 35.5 Å². The number of aromatic nitrogens is 2. The molecule has 0 N–H and O–H groups in total. The summed E-state index contributed by atoms with van der Waals surface area (Å²) >= 11 is 0. The van der Waals surface area contributed by atoms with Gasteiger partial charge in [0.15, 0.2) is 0 Å². The zero-order chi connectivity index (χ0) is 15.6. The van der Waals surface area contributed by atoms with Crippen molar-refractivity contribution >= 4 is 11.8 Å². The Hall–Kier alpha value is -1.89. The maximum absolute atomic E-state index is 12.4. The minimum absolute atomic E-state index is 0.0209. The van der Waals surface area contributed by atoms with Gasteiger partial charge in [0.25, 0.3) is 0 Å². The lowest BCUT2D eigenvalue weighted by Crippen LogP contribution is -2.59. The smallest absolute Gasteiger partial charge is 0.241 e. The third kappa shape index (κ3) is 3.60. The van der Waals surface area contributed by atoms with Crippen LogP contribution in [0.15, 0.2) is 12.4 Å². The molecule has 2 amide bonds. The number of nitrogens with zero attached hydrogens (tertiary/aromatic N) is 5. The third-order valence-electron chi connectivity index (χ3n) is 3.81. The summed E-state index contributed by atoms with van der Waals surface area (Å²) in [4.78, 5) is 29.4. The van der Waals surface area contributed by atoms with E-state index >= 15 is 0 Å². The van der Waals surface area contributed by atoms with Gasteiger partial charge in [0.1, 0.15) is 6.04 Å². The first-order valence-electron chi connectivity index (χ1n) is 7.06. The first-order valence-corrected chi connectivity index (χ1v) is 7.06. The van der Waals surface area contributed by atoms with E-state index in [-0.39, 0.29) is 17.9 Å². The average molecular weight is 293 g/mol. The quantitative estimate of drug-likeness (QED) is 0.757. The van der Waals surface area contributed by atoms with Crippen LogP contribution in [0.2, 0.25) is 0 Å². The van der Waals surface area contributed by atoms with Gasteiger partial charge in [-0.3, -0.25) is 19.2 Å². The Bertz CT molecular complexity index is 525. The first-order chi connectivity index (χ1) is 9.88. The van der Waals surface area contributed by atoms with Gasteiger partial charge in [-0.1, -0.05) is 0 Å². The van der Waals surface area contributed by atoms with E-state index in [1.807, 2.05) is 19.4 Å². The molecule has 2 rings (SSSR count). The molecular weight excluding hydrogens is 270 g/mol. The molecule has 0 aliphatic carbocycles. The van der Waals surface area contributed by atoms with Crippen molar-refractivity contribution in [2.45, 2.75) is 19.5 Å². The highest BCUT2D eigenvalue weighted by Crippen LogP contribution is 2.15. The molecule has 1 fully saturated rings. The molecule has 1 atom stereocenters. The molecule has 0 spiro atoms. The second-order valence-corrected chi connectivity index (χ2v) is 5.71. The Kier molecular flexibility index (Phi) is 4.62. The second-order valence-electron chi connectivity index (χ2n) is 5.71. The summed E-state index contributed by atoms with van der Waals surface area (Å²) in [5.41, 5.74) is 1.07. The molecule has 1 unspecified atom stereocenters. The largest absolute Gasteiger partial charge is 0.347 e. The van der Waals surface area contributed by atoms with Crippen molar-refractivity contribution in [3.05, 3.63) is 18.0 Å². The molecule has 0 radical (unpaired) electrons. The van der Waals surface area contributed by atoms with Crippen molar-refractivity contribution in [1.82, 2.24) is 24.5 Å². The zero-order valence-electron chi connectivity index (χ0n) is 13.1. The molecule has 1 aliphatic heterocycles. The maximum atomic E-state index is 12.4. The first kappa shape index (κ1) is 15.5. The lowest BCUT2D eigenvalue weighted by molar-refractivity contribution is -0.141. The van der Waals surface area contributed by atoms with Gasteiger partial charge < -0.3 is 9.80 Å². The zero-order valence-corrected chi connectivity index (χ0v) is 13.1. The van der Waals surface area contributed by atoms with Crippen LogP contribution in [0.1, 0.15) is 12.5 Å². The van der Waals surface area contributed by atoms with Crippen molar-refractivity contribution in [3.8, 4) is 0 Å². The van der Waals surface area contributed by atoms with Crippen molar-refractivity contribution in [2.24, 2.45) is 7.05 Å². The van der Waals surface area contributed by atoms with E-state index in [1.165, 1.54) is 0 Å². The van der Waals surface area contributed by atoms with E-state index in [0.717, 1.165) is 5.56 Å². The fourth-order valence-electron chi connectivity index (χ4n) is 2.62. The van der Waals surface area contributed by atoms with E-state index in [4.69, 9.17) is 0 Å². The maximum Gasteiger partial charge on any atom is 0.241 e. The standard InChI is InChI=1S/C14H23N5O2/c1-11(20)18-5-6-19(9-12-7-15-17(4)8-12)13(10-18)14(21)16(2)3/h7-8,13H,5-6,9-10H2,1-4H3. The number of carbonyl (C=O) groups excluding carboxylic acids is 2. The van der Waals surface area contributed by atoms with Crippen LogP contribution in [0.4, 0.5) is 0 Å². The monoisotopic (exact) mass is 293 g/mol. The molecule has 0 bridgehead atoms. The second kappa shape index (κ2) is 6.26. The fraction of sp³-hybridized carbons (Fsp3) is 0.643. The summed E-state index contributed by atoms with van der Waals surface area (Å²) in [5.74, 6) is 0.0532. The molecule has 1 aromatic heterocycles. The molecule has 0 aromatic carbocycles. The van der Waals surface area contributed by atoms with Crippen LogP contribution < -0.4 is 0 Å². The van der Waals surface area contributed by atoms with Gasteiger partial charge in [0, 0.05) is 66.0 Å². The van der Waals surface area contributed by atoms with Gasteiger partial charge in [-0.2, -0.15) is 5.10 Å².